The van der Waals surface area contributed by atoms with E-state index >= 15 is 0 Å². The molecule has 0 aromatic carbocycles. The largest absolute Gasteiger partial charge is 0.444 e. The Morgan fingerprint density at radius 1 is 1.26 bits per heavy atom. The van der Waals surface area contributed by atoms with E-state index in [-0.39, 0.29) is 11.6 Å². The molecule has 0 spiro atoms. The Morgan fingerprint density at radius 2 is 1.84 bits per heavy atom. The Labute approximate surface area is 117 Å². The fraction of sp³-hybridized carbons (Fsp3) is 0.933. The molecule has 1 atom stereocenters. The Morgan fingerprint density at radius 3 is 2.32 bits per heavy atom. The first-order valence-electron chi connectivity index (χ1n) is 7.32. The molecule has 1 amide bonds. The molecule has 112 valence electrons. The highest BCUT2D eigenvalue weighted by atomic mass is 16.6. The predicted octanol–water partition coefficient (Wildman–Crippen LogP) is 3.07. The highest BCUT2D eigenvalue weighted by Crippen LogP contribution is 2.33. The van der Waals surface area contributed by atoms with Crippen LogP contribution in [0.5, 0.6) is 0 Å². The lowest BCUT2D eigenvalue weighted by Crippen LogP contribution is -2.52. The zero-order valence-electron chi connectivity index (χ0n) is 13.3. The standard InChI is InChI=1S/C15H30N2O2/c1-11(9-12-7-8-12)16-10-15(5,6)17-13(18)19-14(2,3)4/h11-12,16H,7-10H2,1-6H3,(H,17,18). The van der Waals surface area contributed by atoms with E-state index in [4.69, 9.17) is 4.74 Å². The second-order valence-electron chi connectivity index (χ2n) is 7.47. The molecule has 0 aromatic rings. The molecule has 1 aliphatic carbocycles. The maximum atomic E-state index is 11.7. The smallest absolute Gasteiger partial charge is 0.408 e. The number of hydrogen-bond acceptors (Lipinski definition) is 3. The minimum Gasteiger partial charge on any atom is -0.444 e. The van der Waals surface area contributed by atoms with Gasteiger partial charge in [-0.15, -0.1) is 0 Å². The van der Waals surface area contributed by atoms with E-state index in [9.17, 15) is 4.79 Å². The van der Waals surface area contributed by atoms with Gasteiger partial charge in [-0.3, -0.25) is 0 Å². The monoisotopic (exact) mass is 270 g/mol. The van der Waals surface area contributed by atoms with Crippen LogP contribution in [0.2, 0.25) is 0 Å². The molecular formula is C15H30N2O2. The lowest BCUT2D eigenvalue weighted by atomic mass is 10.0. The highest BCUT2D eigenvalue weighted by Gasteiger charge is 2.27. The molecule has 0 aromatic heterocycles. The quantitative estimate of drug-likeness (QED) is 0.780. The average molecular weight is 270 g/mol. The van der Waals surface area contributed by atoms with Crippen molar-refractivity contribution >= 4 is 6.09 Å². The van der Waals surface area contributed by atoms with Crippen LogP contribution >= 0.6 is 0 Å². The summed E-state index contributed by atoms with van der Waals surface area (Å²) in [5, 5.41) is 6.41. The number of alkyl carbamates (subject to hydrolysis) is 1. The molecule has 0 bridgehead atoms. The van der Waals surface area contributed by atoms with Gasteiger partial charge in [0.25, 0.3) is 0 Å². The summed E-state index contributed by atoms with van der Waals surface area (Å²) in [6, 6.07) is 0.507. The summed E-state index contributed by atoms with van der Waals surface area (Å²) in [5.41, 5.74) is -0.757. The first kappa shape index (κ1) is 16.3. The number of hydrogen-bond donors (Lipinski definition) is 2. The number of carbonyl (C=O) groups excluding carboxylic acids is 1. The summed E-state index contributed by atoms with van der Waals surface area (Å²) in [4.78, 5) is 11.7. The Balaban J connectivity index is 2.27. The molecule has 19 heavy (non-hydrogen) atoms. The lowest BCUT2D eigenvalue weighted by molar-refractivity contribution is 0.0470. The fourth-order valence-corrected chi connectivity index (χ4v) is 1.99. The molecule has 1 aliphatic rings. The molecule has 1 fully saturated rings. The van der Waals surface area contributed by atoms with E-state index in [1.54, 1.807) is 0 Å². The zero-order chi connectivity index (χ0) is 14.7. The molecule has 2 N–H and O–H groups in total. The molecule has 0 aliphatic heterocycles. The van der Waals surface area contributed by atoms with Crippen molar-refractivity contribution in [2.24, 2.45) is 5.92 Å². The molecule has 1 unspecified atom stereocenters. The van der Waals surface area contributed by atoms with Crippen LogP contribution in [0.4, 0.5) is 4.79 Å². The normalized spacial score (nSPS) is 18.0. The van der Waals surface area contributed by atoms with Crippen molar-refractivity contribution in [2.75, 3.05) is 6.54 Å². The van der Waals surface area contributed by atoms with Crippen molar-refractivity contribution in [3.05, 3.63) is 0 Å². The van der Waals surface area contributed by atoms with Crippen LogP contribution in [0.1, 0.15) is 60.8 Å². The Kier molecular flexibility index (Phi) is 5.25. The maximum absolute atomic E-state index is 11.7. The first-order chi connectivity index (χ1) is 8.57. The summed E-state index contributed by atoms with van der Waals surface area (Å²) in [6.07, 6.45) is 3.65. The summed E-state index contributed by atoms with van der Waals surface area (Å²) >= 11 is 0. The number of rotatable bonds is 6. The van der Waals surface area contributed by atoms with Gasteiger partial charge in [0.1, 0.15) is 5.60 Å². The summed E-state index contributed by atoms with van der Waals surface area (Å²) < 4.78 is 5.28. The van der Waals surface area contributed by atoms with E-state index in [1.807, 2.05) is 34.6 Å². The van der Waals surface area contributed by atoms with Crippen molar-refractivity contribution in [1.82, 2.24) is 10.6 Å². The number of amides is 1. The number of carbonyl (C=O) groups is 1. The van der Waals surface area contributed by atoms with Crippen LogP contribution in [0.3, 0.4) is 0 Å². The predicted molar refractivity (Wildman–Crippen MR) is 78.3 cm³/mol. The molecule has 0 saturated heterocycles. The van der Waals surface area contributed by atoms with Gasteiger partial charge in [-0.2, -0.15) is 0 Å². The van der Waals surface area contributed by atoms with E-state index in [0.717, 1.165) is 12.5 Å². The third-order valence-corrected chi connectivity index (χ3v) is 3.12. The van der Waals surface area contributed by atoms with Crippen molar-refractivity contribution in [3.8, 4) is 0 Å². The van der Waals surface area contributed by atoms with E-state index in [0.29, 0.717) is 6.04 Å². The second kappa shape index (κ2) is 6.12. The summed E-state index contributed by atoms with van der Waals surface area (Å²) in [7, 11) is 0. The molecule has 4 heteroatoms. The Bertz CT molecular complexity index is 304. The third-order valence-electron chi connectivity index (χ3n) is 3.12. The van der Waals surface area contributed by atoms with Gasteiger partial charge in [-0.05, 0) is 53.9 Å². The van der Waals surface area contributed by atoms with Gasteiger partial charge in [0.05, 0.1) is 5.54 Å². The van der Waals surface area contributed by atoms with Crippen LogP contribution in [0, 0.1) is 5.92 Å². The fourth-order valence-electron chi connectivity index (χ4n) is 1.99. The topological polar surface area (TPSA) is 50.4 Å². The molecular weight excluding hydrogens is 240 g/mol. The summed E-state index contributed by atoms with van der Waals surface area (Å²) in [6.45, 7) is 12.6. The van der Waals surface area contributed by atoms with Gasteiger partial charge in [0.2, 0.25) is 0 Å². The van der Waals surface area contributed by atoms with Gasteiger partial charge in [-0.25, -0.2) is 4.79 Å². The first-order valence-corrected chi connectivity index (χ1v) is 7.32. The van der Waals surface area contributed by atoms with Gasteiger partial charge in [-0.1, -0.05) is 12.8 Å². The van der Waals surface area contributed by atoms with Crippen molar-refractivity contribution < 1.29 is 9.53 Å². The van der Waals surface area contributed by atoms with Crippen molar-refractivity contribution in [1.29, 1.82) is 0 Å². The van der Waals surface area contributed by atoms with Gasteiger partial charge < -0.3 is 15.4 Å². The van der Waals surface area contributed by atoms with Crippen molar-refractivity contribution in [3.63, 3.8) is 0 Å². The molecule has 1 saturated carbocycles. The lowest BCUT2D eigenvalue weighted by Gasteiger charge is -2.30. The van der Waals surface area contributed by atoms with Crippen LogP contribution < -0.4 is 10.6 Å². The number of ether oxygens (including phenoxy) is 1. The molecule has 0 heterocycles. The van der Waals surface area contributed by atoms with Crippen LogP contribution in [-0.2, 0) is 4.74 Å². The second-order valence-corrected chi connectivity index (χ2v) is 7.47. The van der Waals surface area contributed by atoms with Gasteiger partial charge in [0.15, 0.2) is 0 Å². The molecule has 0 radical (unpaired) electrons. The van der Waals surface area contributed by atoms with Crippen LogP contribution in [0.25, 0.3) is 0 Å². The third kappa shape index (κ3) is 8.09. The molecule has 4 nitrogen and oxygen atoms in total. The zero-order valence-corrected chi connectivity index (χ0v) is 13.3. The number of nitrogens with one attached hydrogen (secondary N) is 2. The average Bonchev–Trinajstić information content (AvgIpc) is 2.94. The van der Waals surface area contributed by atoms with E-state index < -0.39 is 5.60 Å². The highest BCUT2D eigenvalue weighted by molar-refractivity contribution is 5.68. The van der Waals surface area contributed by atoms with E-state index in [2.05, 4.69) is 17.6 Å². The minimum atomic E-state index is -0.452. The van der Waals surface area contributed by atoms with Crippen molar-refractivity contribution in [2.45, 2.75) is 78.0 Å². The van der Waals surface area contributed by atoms with Gasteiger partial charge in [0, 0.05) is 12.6 Å². The van der Waals surface area contributed by atoms with Gasteiger partial charge >= 0.3 is 6.09 Å². The minimum absolute atomic E-state index is 0.305. The summed E-state index contributed by atoms with van der Waals surface area (Å²) in [5.74, 6) is 0.921. The molecule has 1 rings (SSSR count). The van der Waals surface area contributed by atoms with Crippen LogP contribution in [-0.4, -0.2) is 29.8 Å². The maximum Gasteiger partial charge on any atom is 0.408 e. The Hall–Kier alpha value is -0.770. The van der Waals surface area contributed by atoms with E-state index in [1.165, 1.54) is 19.3 Å². The van der Waals surface area contributed by atoms with Crippen LogP contribution in [0.15, 0.2) is 0 Å². The SMILES string of the molecule is CC(CC1CC1)NCC(C)(C)NC(=O)OC(C)(C)C.